The van der Waals surface area contributed by atoms with Gasteiger partial charge < -0.3 is 14.6 Å². The molecule has 0 bridgehead atoms. The van der Waals surface area contributed by atoms with Crippen LogP contribution in [-0.4, -0.2) is 26.4 Å². The van der Waals surface area contributed by atoms with Crippen molar-refractivity contribution in [2.45, 2.75) is 31.4 Å². The van der Waals surface area contributed by atoms with Crippen molar-refractivity contribution in [1.82, 2.24) is 14.8 Å². The molecular formula is C24H21F3N4O2S. The molecule has 0 spiro atoms. The Morgan fingerprint density at radius 3 is 2.62 bits per heavy atom. The molecule has 6 nitrogen and oxygen atoms in total. The number of carbonyl (C=O) groups excluding carboxylic acids is 1. The third-order valence-corrected chi connectivity index (χ3v) is 5.99. The quantitative estimate of drug-likeness (QED) is 0.320. The second-order valence-corrected chi connectivity index (χ2v) is 8.27. The van der Waals surface area contributed by atoms with Gasteiger partial charge in [-0.1, -0.05) is 54.2 Å². The molecule has 0 radical (unpaired) electrons. The number of amides is 1. The Labute approximate surface area is 198 Å². The minimum absolute atomic E-state index is 0.0292. The molecule has 0 saturated heterocycles. The minimum Gasteiger partial charge on any atom is -0.485 e. The number of carbonyl (C=O) groups is 1. The first-order chi connectivity index (χ1) is 16.3. The molecule has 0 aliphatic carbocycles. The van der Waals surface area contributed by atoms with Crippen molar-refractivity contribution in [2.24, 2.45) is 0 Å². The van der Waals surface area contributed by atoms with Crippen LogP contribution in [0.25, 0.3) is 10.8 Å². The van der Waals surface area contributed by atoms with Crippen LogP contribution in [0.5, 0.6) is 5.75 Å². The van der Waals surface area contributed by atoms with Crippen LogP contribution < -0.4 is 10.1 Å². The fraction of sp³-hybridized carbons (Fsp3) is 0.208. The van der Waals surface area contributed by atoms with E-state index in [1.165, 1.54) is 12.1 Å². The predicted octanol–water partition coefficient (Wildman–Crippen LogP) is 5.78. The van der Waals surface area contributed by atoms with E-state index in [-0.39, 0.29) is 18.0 Å². The molecule has 4 aromatic rings. The van der Waals surface area contributed by atoms with Crippen LogP contribution in [0, 0.1) is 0 Å². The molecule has 1 aromatic heterocycles. The number of alkyl halides is 3. The number of ether oxygens (including phenoxy) is 1. The van der Waals surface area contributed by atoms with E-state index in [4.69, 9.17) is 4.74 Å². The fourth-order valence-electron chi connectivity index (χ4n) is 3.41. The summed E-state index contributed by atoms with van der Waals surface area (Å²) in [6, 6.07) is 18.3. The van der Waals surface area contributed by atoms with Gasteiger partial charge in [0.2, 0.25) is 5.91 Å². The molecule has 1 heterocycles. The number of rotatable bonds is 8. The van der Waals surface area contributed by atoms with E-state index in [0.717, 1.165) is 40.4 Å². The predicted molar refractivity (Wildman–Crippen MR) is 125 cm³/mol. The van der Waals surface area contributed by atoms with Crippen LogP contribution >= 0.6 is 11.8 Å². The monoisotopic (exact) mass is 486 g/mol. The third kappa shape index (κ3) is 5.51. The van der Waals surface area contributed by atoms with Crippen LogP contribution in [0.3, 0.4) is 0 Å². The molecule has 10 heteroatoms. The number of aromatic nitrogens is 3. The van der Waals surface area contributed by atoms with Gasteiger partial charge in [-0.2, -0.15) is 13.2 Å². The Balaban J connectivity index is 1.38. The van der Waals surface area contributed by atoms with Gasteiger partial charge in [0.15, 0.2) is 11.0 Å². The summed E-state index contributed by atoms with van der Waals surface area (Å²) in [4.78, 5) is 12.3. The van der Waals surface area contributed by atoms with Crippen molar-refractivity contribution < 1.29 is 22.7 Å². The molecule has 0 atom stereocenters. The first-order valence-corrected chi connectivity index (χ1v) is 11.5. The maximum Gasteiger partial charge on any atom is 0.416 e. The lowest BCUT2D eigenvalue weighted by molar-refractivity contribution is -0.137. The zero-order valence-corrected chi connectivity index (χ0v) is 19.0. The molecule has 34 heavy (non-hydrogen) atoms. The standard InChI is InChI=1S/C24H21F3N4O2S/c1-2-31-21(14-33-20-12-5-8-16-7-3-4-11-19(16)20)29-30-23(31)34-15-22(32)28-18-10-6-9-17(13-18)24(25,26)27/h3-13H,2,14-15H2,1H3,(H,28,32). The van der Waals surface area contributed by atoms with Crippen molar-refractivity contribution in [3.8, 4) is 5.75 Å². The average molecular weight is 487 g/mol. The van der Waals surface area contributed by atoms with Gasteiger partial charge in [-0.05, 0) is 36.6 Å². The van der Waals surface area contributed by atoms with E-state index in [1.807, 2.05) is 54.0 Å². The van der Waals surface area contributed by atoms with Gasteiger partial charge in [0.05, 0.1) is 11.3 Å². The summed E-state index contributed by atoms with van der Waals surface area (Å²) in [7, 11) is 0. The number of hydrogen-bond acceptors (Lipinski definition) is 5. The Bertz CT molecular complexity index is 1300. The van der Waals surface area contributed by atoms with Gasteiger partial charge in [-0.15, -0.1) is 10.2 Å². The summed E-state index contributed by atoms with van der Waals surface area (Å²) in [5.74, 6) is 0.872. The summed E-state index contributed by atoms with van der Waals surface area (Å²) in [6.07, 6.45) is -4.47. The van der Waals surface area contributed by atoms with Crippen LogP contribution in [0.4, 0.5) is 18.9 Å². The summed E-state index contributed by atoms with van der Waals surface area (Å²) in [5.41, 5.74) is -0.735. The summed E-state index contributed by atoms with van der Waals surface area (Å²) < 4.78 is 46.4. The van der Waals surface area contributed by atoms with Crippen molar-refractivity contribution >= 4 is 34.1 Å². The molecular weight excluding hydrogens is 465 g/mol. The smallest absolute Gasteiger partial charge is 0.416 e. The molecule has 1 N–H and O–H groups in total. The normalized spacial score (nSPS) is 11.5. The van der Waals surface area contributed by atoms with Gasteiger partial charge in [0, 0.05) is 17.6 Å². The number of nitrogens with one attached hydrogen (secondary N) is 1. The highest BCUT2D eigenvalue weighted by Gasteiger charge is 2.30. The van der Waals surface area contributed by atoms with E-state index in [9.17, 15) is 18.0 Å². The molecule has 176 valence electrons. The van der Waals surface area contributed by atoms with E-state index in [1.54, 1.807) is 0 Å². The number of thioether (sulfide) groups is 1. The molecule has 4 rings (SSSR count). The highest BCUT2D eigenvalue weighted by atomic mass is 32.2. The fourth-order valence-corrected chi connectivity index (χ4v) is 4.24. The van der Waals surface area contributed by atoms with Gasteiger partial charge in [-0.25, -0.2) is 0 Å². The zero-order chi connectivity index (χ0) is 24.1. The lowest BCUT2D eigenvalue weighted by Gasteiger charge is -2.11. The lowest BCUT2D eigenvalue weighted by atomic mass is 10.1. The number of halogens is 3. The first kappa shape index (κ1) is 23.6. The van der Waals surface area contributed by atoms with Crippen LogP contribution in [0.2, 0.25) is 0 Å². The third-order valence-electron chi connectivity index (χ3n) is 5.02. The molecule has 1 amide bonds. The Morgan fingerprint density at radius 2 is 1.82 bits per heavy atom. The molecule has 0 aliphatic heterocycles. The van der Waals surface area contributed by atoms with Crippen molar-refractivity contribution in [2.75, 3.05) is 11.1 Å². The molecule has 0 aliphatic rings. The molecule has 3 aromatic carbocycles. The number of benzene rings is 3. The number of anilines is 1. The second kappa shape index (κ2) is 10.2. The maximum absolute atomic E-state index is 12.9. The van der Waals surface area contributed by atoms with Gasteiger partial charge in [-0.3, -0.25) is 4.79 Å². The van der Waals surface area contributed by atoms with Crippen molar-refractivity contribution in [3.63, 3.8) is 0 Å². The Hall–Kier alpha value is -3.53. The van der Waals surface area contributed by atoms with Crippen LogP contribution in [-0.2, 0) is 24.1 Å². The summed E-state index contributed by atoms with van der Waals surface area (Å²) >= 11 is 1.15. The minimum atomic E-state index is -4.47. The van der Waals surface area contributed by atoms with Gasteiger partial charge in [0.25, 0.3) is 0 Å². The topological polar surface area (TPSA) is 69.0 Å². The Kier molecular flexibility index (Phi) is 7.06. The number of nitrogens with zero attached hydrogens (tertiary/aromatic N) is 3. The number of hydrogen-bond donors (Lipinski definition) is 1. The molecule has 0 fully saturated rings. The van der Waals surface area contributed by atoms with Crippen LogP contribution in [0.15, 0.2) is 71.9 Å². The average Bonchev–Trinajstić information content (AvgIpc) is 3.22. The molecule has 0 saturated carbocycles. The van der Waals surface area contributed by atoms with E-state index < -0.39 is 17.6 Å². The number of fused-ring (bicyclic) bond motifs is 1. The summed E-state index contributed by atoms with van der Waals surface area (Å²) in [6.45, 7) is 2.70. The largest absolute Gasteiger partial charge is 0.485 e. The van der Waals surface area contributed by atoms with Crippen LogP contribution in [0.1, 0.15) is 18.3 Å². The second-order valence-electron chi connectivity index (χ2n) is 7.32. The summed E-state index contributed by atoms with van der Waals surface area (Å²) in [5, 5.41) is 13.4. The van der Waals surface area contributed by atoms with Gasteiger partial charge in [0.1, 0.15) is 12.4 Å². The highest BCUT2D eigenvalue weighted by Crippen LogP contribution is 2.31. The van der Waals surface area contributed by atoms with E-state index in [0.29, 0.717) is 17.5 Å². The Morgan fingerprint density at radius 1 is 1.06 bits per heavy atom. The van der Waals surface area contributed by atoms with E-state index >= 15 is 0 Å². The zero-order valence-electron chi connectivity index (χ0n) is 18.2. The lowest BCUT2D eigenvalue weighted by Crippen LogP contribution is -2.15. The maximum atomic E-state index is 12.9. The van der Waals surface area contributed by atoms with Crippen molar-refractivity contribution in [1.29, 1.82) is 0 Å². The van der Waals surface area contributed by atoms with E-state index in [2.05, 4.69) is 15.5 Å². The first-order valence-electron chi connectivity index (χ1n) is 10.5. The van der Waals surface area contributed by atoms with Crippen molar-refractivity contribution in [3.05, 3.63) is 78.1 Å². The van der Waals surface area contributed by atoms with Gasteiger partial charge >= 0.3 is 6.18 Å². The highest BCUT2D eigenvalue weighted by molar-refractivity contribution is 7.99. The molecule has 0 unspecified atom stereocenters. The SMILES string of the molecule is CCn1c(COc2cccc3ccccc23)nnc1SCC(=O)Nc1cccc(C(F)(F)F)c1.